The van der Waals surface area contributed by atoms with E-state index < -0.39 is 0 Å². The summed E-state index contributed by atoms with van der Waals surface area (Å²) in [5.41, 5.74) is 0. The Kier molecular flexibility index (Phi) is 3.71. The third-order valence-corrected chi connectivity index (χ3v) is 2.11. The fraction of sp³-hybridized carbons (Fsp3) is 0.455. The third kappa shape index (κ3) is 2.93. The van der Waals surface area contributed by atoms with Crippen molar-refractivity contribution in [3.05, 3.63) is 18.7 Å². The van der Waals surface area contributed by atoms with E-state index in [1.807, 2.05) is 0 Å². The first-order valence-corrected chi connectivity index (χ1v) is 5.74. The van der Waals surface area contributed by atoms with Crippen LogP contribution in [0.2, 0.25) is 0 Å². The van der Waals surface area contributed by atoms with Gasteiger partial charge in [0.05, 0.1) is 6.61 Å². The molecule has 0 spiro atoms. The standard InChI is InChI=1S/C11H16N6O/c1-8(2)6-18-11-15-9(12-3)14-10(16-11)17-5-4-13-7-17/h4-5,7-8H,6H2,1-3H3,(H,12,14,15,16). The second kappa shape index (κ2) is 5.44. The predicted octanol–water partition coefficient (Wildman–Crippen LogP) is 1.13. The van der Waals surface area contributed by atoms with E-state index in [-0.39, 0.29) is 0 Å². The quantitative estimate of drug-likeness (QED) is 0.854. The van der Waals surface area contributed by atoms with E-state index in [0.717, 1.165) is 0 Å². The molecular weight excluding hydrogens is 232 g/mol. The topological polar surface area (TPSA) is 77.8 Å². The molecule has 2 aromatic rings. The molecule has 7 heteroatoms. The van der Waals surface area contributed by atoms with Crippen molar-refractivity contribution < 1.29 is 4.74 Å². The van der Waals surface area contributed by atoms with Crippen molar-refractivity contribution in [1.29, 1.82) is 0 Å². The molecule has 2 rings (SSSR count). The predicted molar refractivity (Wildman–Crippen MR) is 66.8 cm³/mol. The van der Waals surface area contributed by atoms with Crippen LogP contribution >= 0.6 is 0 Å². The van der Waals surface area contributed by atoms with Crippen LogP contribution in [0.15, 0.2) is 18.7 Å². The summed E-state index contributed by atoms with van der Waals surface area (Å²) in [7, 11) is 1.75. The van der Waals surface area contributed by atoms with Gasteiger partial charge in [0.1, 0.15) is 6.33 Å². The molecule has 7 nitrogen and oxygen atoms in total. The Balaban J connectivity index is 2.27. The fourth-order valence-electron chi connectivity index (χ4n) is 1.26. The minimum Gasteiger partial charge on any atom is -0.463 e. The van der Waals surface area contributed by atoms with Crippen LogP contribution in [0.3, 0.4) is 0 Å². The van der Waals surface area contributed by atoms with Gasteiger partial charge in [0.2, 0.25) is 11.9 Å². The molecule has 0 saturated heterocycles. The van der Waals surface area contributed by atoms with Gasteiger partial charge in [0, 0.05) is 19.4 Å². The monoisotopic (exact) mass is 248 g/mol. The first-order valence-electron chi connectivity index (χ1n) is 5.74. The van der Waals surface area contributed by atoms with Gasteiger partial charge < -0.3 is 10.1 Å². The zero-order valence-corrected chi connectivity index (χ0v) is 10.7. The molecule has 0 bridgehead atoms. The Hall–Kier alpha value is -2.18. The Morgan fingerprint density at radius 2 is 2.17 bits per heavy atom. The molecule has 0 aliphatic heterocycles. The summed E-state index contributed by atoms with van der Waals surface area (Å²) in [4.78, 5) is 16.6. The molecule has 0 fully saturated rings. The van der Waals surface area contributed by atoms with Crippen molar-refractivity contribution >= 4 is 5.95 Å². The lowest BCUT2D eigenvalue weighted by Crippen LogP contribution is -2.11. The van der Waals surface area contributed by atoms with Crippen molar-refractivity contribution in [2.45, 2.75) is 13.8 Å². The number of hydrogen-bond donors (Lipinski definition) is 1. The number of imidazole rings is 1. The van der Waals surface area contributed by atoms with Crippen LogP contribution in [-0.2, 0) is 0 Å². The molecule has 0 saturated carbocycles. The van der Waals surface area contributed by atoms with Crippen LogP contribution in [0, 0.1) is 5.92 Å². The molecule has 0 aromatic carbocycles. The highest BCUT2D eigenvalue weighted by molar-refractivity contribution is 5.29. The minimum absolute atomic E-state index is 0.312. The maximum absolute atomic E-state index is 5.51. The summed E-state index contributed by atoms with van der Waals surface area (Å²) >= 11 is 0. The van der Waals surface area contributed by atoms with Gasteiger partial charge in [0.25, 0.3) is 0 Å². The number of nitrogens with zero attached hydrogens (tertiary/aromatic N) is 5. The summed E-state index contributed by atoms with van der Waals surface area (Å²) in [5.74, 6) is 1.36. The van der Waals surface area contributed by atoms with E-state index in [0.29, 0.717) is 30.4 Å². The van der Waals surface area contributed by atoms with Crippen molar-refractivity contribution in [3.63, 3.8) is 0 Å². The Bertz CT molecular complexity index is 496. The van der Waals surface area contributed by atoms with E-state index in [9.17, 15) is 0 Å². The highest BCUT2D eigenvalue weighted by atomic mass is 16.5. The van der Waals surface area contributed by atoms with E-state index in [2.05, 4.69) is 39.1 Å². The van der Waals surface area contributed by atoms with Crippen LogP contribution in [0.4, 0.5) is 5.95 Å². The Morgan fingerprint density at radius 3 is 2.78 bits per heavy atom. The van der Waals surface area contributed by atoms with Crippen LogP contribution in [-0.4, -0.2) is 38.2 Å². The number of anilines is 1. The first-order chi connectivity index (χ1) is 8.69. The van der Waals surface area contributed by atoms with Gasteiger partial charge in [0.15, 0.2) is 0 Å². The SMILES string of the molecule is CNc1nc(OCC(C)C)nc(-n2ccnc2)n1. The number of aromatic nitrogens is 5. The molecule has 0 atom stereocenters. The second-order valence-corrected chi connectivity index (χ2v) is 4.17. The lowest BCUT2D eigenvalue weighted by Gasteiger charge is -2.09. The Labute approximate surface area is 105 Å². The van der Waals surface area contributed by atoms with E-state index in [1.165, 1.54) is 0 Å². The molecule has 2 heterocycles. The lowest BCUT2D eigenvalue weighted by atomic mass is 10.2. The molecule has 0 aliphatic carbocycles. The Morgan fingerprint density at radius 1 is 1.33 bits per heavy atom. The van der Waals surface area contributed by atoms with E-state index >= 15 is 0 Å². The summed E-state index contributed by atoms with van der Waals surface area (Å²) in [6, 6.07) is 0.312. The van der Waals surface area contributed by atoms with Crippen LogP contribution in [0.5, 0.6) is 6.01 Å². The molecule has 0 aliphatic rings. The van der Waals surface area contributed by atoms with Gasteiger partial charge in [-0.1, -0.05) is 13.8 Å². The normalized spacial score (nSPS) is 10.7. The summed E-state index contributed by atoms with van der Waals surface area (Å²) in [6.45, 7) is 4.70. The van der Waals surface area contributed by atoms with Gasteiger partial charge in [-0.15, -0.1) is 0 Å². The van der Waals surface area contributed by atoms with Gasteiger partial charge in [-0.05, 0) is 5.92 Å². The van der Waals surface area contributed by atoms with Crippen LogP contribution in [0.1, 0.15) is 13.8 Å². The van der Waals surface area contributed by atoms with Gasteiger partial charge >= 0.3 is 6.01 Å². The zero-order chi connectivity index (χ0) is 13.0. The first kappa shape index (κ1) is 12.3. The van der Waals surface area contributed by atoms with Gasteiger partial charge in [-0.25, -0.2) is 4.98 Å². The number of hydrogen-bond acceptors (Lipinski definition) is 6. The maximum Gasteiger partial charge on any atom is 0.323 e. The largest absolute Gasteiger partial charge is 0.463 e. The summed E-state index contributed by atoms with van der Waals surface area (Å²) in [6.07, 6.45) is 5.06. The maximum atomic E-state index is 5.51. The third-order valence-electron chi connectivity index (χ3n) is 2.11. The van der Waals surface area contributed by atoms with E-state index in [1.54, 1.807) is 30.3 Å². The second-order valence-electron chi connectivity index (χ2n) is 4.17. The van der Waals surface area contributed by atoms with Gasteiger partial charge in [-0.3, -0.25) is 4.57 Å². The van der Waals surface area contributed by atoms with E-state index in [4.69, 9.17) is 4.74 Å². The number of rotatable bonds is 5. The molecule has 0 unspecified atom stereocenters. The zero-order valence-electron chi connectivity index (χ0n) is 10.7. The number of nitrogens with one attached hydrogen (secondary N) is 1. The molecule has 2 aromatic heterocycles. The summed E-state index contributed by atoms with van der Waals surface area (Å²) < 4.78 is 7.21. The minimum atomic E-state index is 0.312. The van der Waals surface area contributed by atoms with Gasteiger partial charge in [-0.2, -0.15) is 15.0 Å². The molecule has 1 N–H and O–H groups in total. The van der Waals surface area contributed by atoms with Crippen molar-refractivity contribution in [3.8, 4) is 12.0 Å². The van der Waals surface area contributed by atoms with Crippen LogP contribution < -0.4 is 10.1 Å². The fourth-order valence-corrected chi connectivity index (χ4v) is 1.26. The number of ether oxygens (including phenoxy) is 1. The smallest absolute Gasteiger partial charge is 0.323 e. The molecular formula is C11H16N6O. The molecule has 96 valence electrons. The average molecular weight is 248 g/mol. The summed E-state index contributed by atoms with van der Waals surface area (Å²) in [5, 5.41) is 2.88. The van der Waals surface area contributed by atoms with Crippen molar-refractivity contribution in [2.24, 2.45) is 5.92 Å². The lowest BCUT2D eigenvalue weighted by molar-refractivity contribution is 0.250. The van der Waals surface area contributed by atoms with Crippen LogP contribution in [0.25, 0.3) is 5.95 Å². The van der Waals surface area contributed by atoms with Crippen molar-refractivity contribution in [1.82, 2.24) is 24.5 Å². The molecule has 18 heavy (non-hydrogen) atoms. The van der Waals surface area contributed by atoms with Crippen molar-refractivity contribution in [2.75, 3.05) is 19.0 Å². The molecule has 0 amide bonds. The molecule has 0 radical (unpaired) electrons. The average Bonchev–Trinajstić information content (AvgIpc) is 2.89. The highest BCUT2D eigenvalue weighted by Crippen LogP contribution is 2.11. The highest BCUT2D eigenvalue weighted by Gasteiger charge is 2.08.